The van der Waals surface area contributed by atoms with Crippen molar-refractivity contribution >= 4 is 17.2 Å². The summed E-state index contributed by atoms with van der Waals surface area (Å²) in [5.74, 6) is 1.46. The Morgan fingerprint density at radius 1 is 1.03 bits per heavy atom. The van der Waals surface area contributed by atoms with Gasteiger partial charge in [0.05, 0.1) is 19.9 Å². The van der Waals surface area contributed by atoms with E-state index in [1.807, 2.05) is 30.0 Å². The highest BCUT2D eigenvalue weighted by atomic mass is 32.1. The number of nitrogens with zero attached hydrogens (tertiary/aromatic N) is 3. The second kappa shape index (κ2) is 9.35. The molecule has 1 aromatic heterocycles. The monoisotopic (exact) mass is 429 g/mol. The molecular formula is C23H31N3O3S. The number of methoxy groups -OCH3 is 2. The summed E-state index contributed by atoms with van der Waals surface area (Å²) in [5, 5.41) is 0.833. The summed E-state index contributed by atoms with van der Waals surface area (Å²) in [6.45, 7) is 6.04. The lowest BCUT2D eigenvalue weighted by atomic mass is 10.00. The molecule has 2 aliphatic rings. The van der Waals surface area contributed by atoms with Crippen LogP contribution in [-0.2, 0) is 0 Å². The zero-order chi connectivity index (χ0) is 21.1. The summed E-state index contributed by atoms with van der Waals surface area (Å²) in [5.41, 5.74) is 1.73. The first-order valence-electron chi connectivity index (χ1n) is 10.8. The number of aromatic nitrogens is 1. The lowest BCUT2D eigenvalue weighted by Crippen LogP contribution is -2.48. The van der Waals surface area contributed by atoms with Gasteiger partial charge in [0.2, 0.25) is 0 Å². The second-order valence-electron chi connectivity index (χ2n) is 8.12. The molecule has 3 heterocycles. The van der Waals surface area contributed by atoms with Crippen molar-refractivity contribution in [2.45, 2.75) is 45.1 Å². The maximum Gasteiger partial charge on any atom is 0.265 e. The van der Waals surface area contributed by atoms with Crippen LogP contribution in [0.4, 0.5) is 0 Å². The van der Waals surface area contributed by atoms with Crippen molar-refractivity contribution in [1.29, 1.82) is 0 Å². The molecule has 7 heteroatoms. The average molecular weight is 430 g/mol. The van der Waals surface area contributed by atoms with Crippen LogP contribution in [0.3, 0.4) is 0 Å². The van der Waals surface area contributed by atoms with Crippen molar-refractivity contribution in [2.24, 2.45) is 0 Å². The molecule has 1 amide bonds. The fourth-order valence-corrected chi connectivity index (χ4v) is 5.58. The number of thiazole rings is 1. The van der Waals surface area contributed by atoms with Crippen LogP contribution in [-0.4, -0.2) is 67.1 Å². The Hall–Kier alpha value is -2.12. The van der Waals surface area contributed by atoms with Crippen LogP contribution in [0, 0.1) is 6.92 Å². The number of ether oxygens (including phenoxy) is 2. The van der Waals surface area contributed by atoms with E-state index < -0.39 is 0 Å². The lowest BCUT2D eigenvalue weighted by molar-refractivity contribution is 0.0593. The minimum Gasteiger partial charge on any atom is -0.493 e. The molecule has 6 nitrogen and oxygen atoms in total. The van der Waals surface area contributed by atoms with Crippen LogP contribution in [0.2, 0.25) is 0 Å². The Morgan fingerprint density at radius 2 is 1.73 bits per heavy atom. The zero-order valence-corrected chi connectivity index (χ0v) is 19.0. The molecule has 30 heavy (non-hydrogen) atoms. The van der Waals surface area contributed by atoms with Crippen molar-refractivity contribution in [2.75, 3.05) is 40.4 Å². The van der Waals surface area contributed by atoms with Gasteiger partial charge in [-0.05, 0) is 63.9 Å². The van der Waals surface area contributed by atoms with E-state index in [-0.39, 0.29) is 5.91 Å². The molecule has 1 aromatic carbocycles. The van der Waals surface area contributed by atoms with E-state index in [1.165, 1.54) is 43.7 Å². The summed E-state index contributed by atoms with van der Waals surface area (Å²) < 4.78 is 10.7. The summed E-state index contributed by atoms with van der Waals surface area (Å²) in [7, 11) is 3.24. The SMILES string of the molecule is COc1ccc(-c2nc(C)c(C(=O)N3CCC(N4CCCCC4)CC3)s2)cc1OC. The van der Waals surface area contributed by atoms with E-state index in [0.717, 1.165) is 47.1 Å². The van der Waals surface area contributed by atoms with Crippen molar-refractivity contribution < 1.29 is 14.3 Å². The number of rotatable bonds is 5. The van der Waals surface area contributed by atoms with Crippen LogP contribution in [0.1, 0.15) is 47.5 Å². The van der Waals surface area contributed by atoms with E-state index >= 15 is 0 Å². The predicted octanol–water partition coefficient (Wildman–Crippen LogP) is 4.23. The lowest BCUT2D eigenvalue weighted by Gasteiger charge is -2.40. The first-order valence-corrected chi connectivity index (χ1v) is 11.7. The van der Waals surface area contributed by atoms with E-state index in [0.29, 0.717) is 17.5 Å². The fourth-order valence-electron chi connectivity index (χ4n) is 4.55. The van der Waals surface area contributed by atoms with Crippen LogP contribution in [0.25, 0.3) is 10.6 Å². The maximum atomic E-state index is 13.2. The van der Waals surface area contributed by atoms with Gasteiger partial charge in [-0.1, -0.05) is 6.42 Å². The Morgan fingerprint density at radius 3 is 2.40 bits per heavy atom. The Kier molecular flexibility index (Phi) is 6.58. The molecule has 0 bridgehead atoms. The Balaban J connectivity index is 1.45. The second-order valence-corrected chi connectivity index (χ2v) is 9.12. The van der Waals surface area contributed by atoms with Gasteiger partial charge in [-0.3, -0.25) is 4.79 Å². The largest absolute Gasteiger partial charge is 0.493 e. The first-order chi connectivity index (χ1) is 14.6. The van der Waals surface area contributed by atoms with Gasteiger partial charge < -0.3 is 19.3 Å². The van der Waals surface area contributed by atoms with Crippen LogP contribution in [0.15, 0.2) is 18.2 Å². The molecule has 0 unspecified atom stereocenters. The molecule has 2 fully saturated rings. The van der Waals surface area contributed by atoms with Crippen LogP contribution < -0.4 is 9.47 Å². The molecule has 0 radical (unpaired) electrons. The van der Waals surface area contributed by atoms with Crippen molar-refractivity contribution in [3.8, 4) is 22.1 Å². The summed E-state index contributed by atoms with van der Waals surface area (Å²) in [4.78, 5) is 23.3. The minimum absolute atomic E-state index is 0.119. The van der Waals surface area contributed by atoms with E-state index in [9.17, 15) is 4.79 Å². The molecular weight excluding hydrogens is 398 g/mol. The van der Waals surface area contributed by atoms with Gasteiger partial charge in [-0.15, -0.1) is 11.3 Å². The Labute approximate surface area is 182 Å². The number of carbonyl (C=O) groups excluding carboxylic acids is 1. The number of hydrogen-bond acceptors (Lipinski definition) is 6. The first kappa shape index (κ1) is 21.1. The molecule has 0 saturated carbocycles. The smallest absolute Gasteiger partial charge is 0.265 e. The molecule has 4 rings (SSSR count). The minimum atomic E-state index is 0.119. The number of amides is 1. The number of likely N-dealkylation sites (tertiary alicyclic amines) is 2. The predicted molar refractivity (Wildman–Crippen MR) is 120 cm³/mol. The quantitative estimate of drug-likeness (QED) is 0.712. The van der Waals surface area contributed by atoms with Gasteiger partial charge in [0.15, 0.2) is 11.5 Å². The van der Waals surface area contributed by atoms with Crippen molar-refractivity contribution in [3.63, 3.8) is 0 Å². The third-order valence-electron chi connectivity index (χ3n) is 6.28. The molecule has 2 aliphatic heterocycles. The molecule has 2 aromatic rings. The van der Waals surface area contributed by atoms with E-state index in [2.05, 4.69) is 9.88 Å². The molecule has 162 valence electrons. The highest BCUT2D eigenvalue weighted by Crippen LogP contribution is 2.35. The maximum absolute atomic E-state index is 13.2. The van der Waals surface area contributed by atoms with Gasteiger partial charge >= 0.3 is 0 Å². The highest BCUT2D eigenvalue weighted by molar-refractivity contribution is 7.17. The number of carbonyl (C=O) groups is 1. The standard InChI is InChI=1S/C23H31N3O3S/c1-16-21(30-22(24-16)17-7-8-19(28-2)20(15-17)29-3)23(27)26-13-9-18(10-14-26)25-11-5-4-6-12-25/h7-8,15,18H,4-6,9-14H2,1-3H3. The summed E-state index contributed by atoms with van der Waals surface area (Å²) >= 11 is 1.47. The van der Waals surface area contributed by atoms with E-state index in [1.54, 1.807) is 14.2 Å². The zero-order valence-electron chi connectivity index (χ0n) is 18.1. The van der Waals surface area contributed by atoms with Crippen LogP contribution >= 0.6 is 11.3 Å². The van der Waals surface area contributed by atoms with Gasteiger partial charge in [0.1, 0.15) is 9.88 Å². The Bertz CT molecular complexity index is 884. The molecule has 0 atom stereocenters. The third kappa shape index (κ3) is 4.32. The fraction of sp³-hybridized carbons (Fsp3) is 0.565. The molecule has 0 spiro atoms. The highest BCUT2D eigenvalue weighted by Gasteiger charge is 2.29. The van der Waals surface area contributed by atoms with Gasteiger partial charge in [-0.2, -0.15) is 0 Å². The van der Waals surface area contributed by atoms with Gasteiger partial charge in [0, 0.05) is 24.7 Å². The number of piperidine rings is 2. The number of aryl methyl sites for hydroxylation is 1. The summed E-state index contributed by atoms with van der Waals surface area (Å²) in [6, 6.07) is 6.38. The van der Waals surface area contributed by atoms with E-state index in [4.69, 9.17) is 9.47 Å². The summed E-state index contributed by atoms with van der Waals surface area (Å²) in [6.07, 6.45) is 6.15. The number of benzene rings is 1. The third-order valence-corrected chi connectivity index (χ3v) is 7.47. The van der Waals surface area contributed by atoms with Gasteiger partial charge in [-0.25, -0.2) is 4.98 Å². The topological polar surface area (TPSA) is 54.9 Å². The number of hydrogen-bond donors (Lipinski definition) is 0. The van der Waals surface area contributed by atoms with Crippen molar-refractivity contribution in [1.82, 2.24) is 14.8 Å². The normalized spacial score (nSPS) is 18.4. The molecule has 0 N–H and O–H groups in total. The molecule has 0 aliphatic carbocycles. The molecule has 2 saturated heterocycles. The van der Waals surface area contributed by atoms with Crippen LogP contribution in [0.5, 0.6) is 11.5 Å². The van der Waals surface area contributed by atoms with Gasteiger partial charge in [0.25, 0.3) is 5.91 Å². The average Bonchev–Trinajstić information content (AvgIpc) is 3.20. The van der Waals surface area contributed by atoms with Crippen molar-refractivity contribution in [3.05, 3.63) is 28.8 Å².